The average molecular weight is 274 g/mol. The number of rotatable bonds is 1. The molecule has 0 aliphatic carbocycles. The summed E-state index contributed by atoms with van der Waals surface area (Å²) in [6, 6.07) is 1.76. The molecule has 2 aromatic rings. The highest BCUT2D eigenvalue weighted by Crippen LogP contribution is 2.32. The number of hydrogen-bond donors (Lipinski definition) is 1. The van der Waals surface area contributed by atoms with Crippen molar-refractivity contribution in [3.05, 3.63) is 22.7 Å². The molecule has 3 nitrogen and oxygen atoms in total. The standard InChI is InChI=1S/C11H9F3N2OS/c1-5-3-6(2)15-9-8(5)7(4-18-9)16-10(17)11(12,13)14/h3-4H,1-2H3,(H,16,17). The first-order valence-electron chi connectivity index (χ1n) is 5.02. The number of halogens is 3. The molecule has 0 bridgehead atoms. The Bertz CT molecular complexity index is 619. The largest absolute Gasteiger partial charge is 0.471 e. The second kappa shape index (κ2) is 4.24. The lowest BCUT2D eigenvalue weighted by atomic mass is 10.1. The van der Waals surface area contributed by atoms with Gasteiger partial charge < -0.3 is 5.32 Å². The van der Waals surface area contributed by atoms with E-state index in [-0.39, 0.29) is 5.69 Å². The van der Waals surface area contributed by atoms with Crippen molar-refractivity contribution < 1.29 is 18.0 Å². The zero-order valence-electron chi connectivity index (χ0n) is 9.55. The first-order chi connectivity index (χ1) is 8.29. The summed E-state index contributed by atoms with van der Waals surface area (Å²) in [6.45, 7) is 3.58. The van der Waals surface area contributed by atoms with Crippen molar-refractivity contribution >= 4 is 33.1 Å². The van der Waals surface area contributed by atoms with E-state index in [9.17, 15) is 18.0 Å². The predicted molar refractivity (Wildman–Crippen MR) is 63.8 cm³/mol. The van der Waals surface area contributed by atoms with E-state index in [4.69, 9.17) is 0 Å². The van der Waals surface area contributed by atoms with Crippen LogP contribution < -0.4 is 5.32 Å². The number of pyridine rings is 1. The molecule has 0 aromatic carbocycles. The number of carbonyl (C=O) groups excluding carboxylic acids is 1. The van der Waals surface area contributed by atoms with Crippen LogP contribution in [0, 0.1) is 13.8 Å². The van der Waals surface area contributed by atoms with Crippen LogP contribution >= 0.6 is 11.3 Å². The zero-order chi connectivity index (χ0) is 13.5. The summed E-state index contributed by atoms with van der Waals surface area (Å²) in [4.78, 5) is 15.7. The van der Waals surface area contributed by atoms with Crippen molar-refractivity contribution in [2.24, 2.45) is 0 Å². The van der Waals surface area contributed by atoms with Crippen LogP contribution in [0.3, 0.4) is 0 Å². The summed E-state index contributed by atoms with van der Waals surface area (Å²) in [5, 5.41) is 3.90. The molecule has 0 spiro atoms. The van der Waals surface area contributed by atoms with Gasteiger partial charge in [0.1, 0.15) is 4.83 Å². The predicted octanol–water partition coefficient (Wildman–Crippen LogP) is 3.41. The number of nitrogens with zero attached hydrogens (tertiary/aromatic N) is 1. The van der Waals surface area contributed by atoms with Gasteiger partial charge >= 0.3 is 12.1 Å². The second-order valence-electron chi connectivity index (χ2n) is 3.86. The third-order valence-electron chi connectivity index (χ3n) is 2.37. The van der Waals surface area contributed by atoms with Gasteiger partial charge in [-0.3, -0.25) is 4.79 Å². The molecule has 0 saturated heterocycles. The number of anilines is 1. The van der Waals surface area contributed by atoms with Gasteiger partial charge in [0.15, 0.2) is 0 Å². The molecule has 0 saturated carbocycles. The second-order valence-corrected chi connectivity index (χ2v) is 4.72. The van der Waals surface area contributed by atoms with Crippen molar-refractivity contribution in [2.45, 2.75) is 20.0 Å². The highest BCUT2D eigenvalue weighted by Gasteiger charge is 2.39. The van der Waals surface area contributed by atoms with Crippen LogP contribution in [0.1, 0.15) is 11.3 Å². The Morgan fingerprint density at radius 3 is 2.67 bits per heavy atom. The molecule has 1 N–H and O–H groups in total. The summed E-state index contributed by atoms with van der Waals surface area (Å²) in [6.07, 6.45) is -4.89. The van der Waals surface area contributed by atoms with Crippen molar-refractivity contribution in [1.82, 2.24) is 4.98 Å². The molecule has 2 rings (SSSR count). The molecule has 0 atom stereocenters. The van der Waals surface area contributed by atoms with Crippen LogP contribution in [-0.4, -0.2) is 17.1 Å². The minimum absolute atomic E-state index is 0.155. The highest BCUT2D eigenvalue weighted by atomic mass is 32.1. The van der Waals surface area contributed by atoms with Crippen LogP contribution in [0.4, 0.5) is 18.9 Å². The molecule has 0 radical (unpaired) electrons. The Balaban J connectivity index is 2.45. The lowest BCUT2D eigenvalue weighted by Crippen LogP contribution is -2.29. The van der Waals surface area contributed by atoms with Gasteiger partial charge in [0.25, 0.3) is 0 Å². The fourth-order valence-corrected chi connectivity index (χ4v) is 2.67. The smallest absolute Gasteiger partial charge is 0.317 e. The molecule has 2 aromatic heterocycles. The number of hydrogen-bond acceptors (Lipinski definition) is 3. The van der Waals surface area contributed by atoms with Gasteiger partial charge in [-0.2, -0.15) is 13.2 Å². The van der Waals surface area contributed by atoms with Gasteiger partial charge in [-0.05, 0) is 25.5 Å². The number of amides is 1. The van der Waals surface area contributed by atoms with Gasteiger partial charge in [0.2, 0.25) is 0 Å². The van der Waals surface area contributed by atoms with Gasteiger partial charge in [-0.1, -0.05) is 0 Å². The third kappa shape index (κ3) is 2.31. The minimum atomic E-state index is -4.89. The maximum Gasteiger partial charge on any atom is 0.471 e. The molecule has 2 heterocycles. The van der Waals surface area contributed by atoms with E-state index < -0.39 is 12.1 Å². The van der Waals surface area contributed by atoms with Crippen LogP contribution in [0.5, 0.6) is 0 Å². The number of thiophene rings is 1. The summed E-state index contributed by atoms with van der Waals surface area (Å²) >= 11 is 1.20. The highest BCUT2D eigenvalue weighted by molar-refractivity contribution is 7.17. The number of carbonyl (C=O) groups is 1. The van der Waals surface area contributed by atoms with Gasteiger partial charge in [0, 0.05) is 16.5 Å². The first-order valence-corrected chi connectivity index (χ1v) is 5.90. The van der Waals surface area contributed by atoms with E-state index in [0.29, 0.717) is 10.2 Å². The van der Waals surface area contributed by atoms with Crippen molar-refractivity contribution in [2.75, 3.05) is 5.32 Å². The van der Waals surface area contributed by atoms with Crippen LogP contribution in [0.2, 0.25) is 0 Å². The van der Waals surface area contributed by atoms with E-state index in [1.54, 1.807) is 19.9 Å². The molecular formula is C11H9F3N2OS. The number of fused-ring (bicyclic) bond motifs is 1. The summed E-state index contributed by atoms with van der Waals surface area (Å²) in [5.41, 5.74) is 1.73. The average Bonchev–Trinajstić information content (AvgIpc) is 2.59. The first kappa shape index (κ1) is 12.8. The fraction of sp³-hybridized carbons (Fsp3) is 0.273. The van der Waals surface area contributed by atoms with E-state index >= 15 is 0 Å². The number of nitrogens with one attached hydrogen (secondary N) is 1. The Kier molecular flexibility index (Phi) is 3.02. The summed E-state index contributed by atoms with van der Waals surface area (Å²) in [5.74, 6) is -1.97. The maximum atomic E-state index is 12.2. The van der Waals surface area contributed by atoms with Crippen molar-refractivity contribution in [3.8, 4) is 0 Å². The Labute approximate surface area is 105 Å². The monoisotopic (exact) mass is 274 g/mol. The number of aromatic nitrogens is 1. The van der Waals surface area contributed by atoms with Crippen LogP contribution in [0.25, 0.3) is 10.2 Å². The molecule has 18 heavy (non-hydrogen) atoms. The molecule has 0 unspecified atom stereocenters. The lowest BCUT2D eigenvalue weighted by Gasteiger charge is -2.07. The van der Waals surface area contributed by atoms with E-state index in [1.165, 1.54) is 16.7 Å². The Hall–Kier alpha value is -1.63. The van der Waals surface area contributed by atoms with Crippen molar-refractivity contribution in [3.63, 3.8) is 0 Å². The number of aryl methyl sites for hydroxylation is 2. The van der Waals surface area contributed by atoms with Gasteiger partial charge in [-0.25, -0.2) is 4.98 Å². The van der Waals surface area contributed by atoms with E-state index in [0.717, 1.165) is 11.3 Å². The quantitative estimate of drug-likeness (QED) is 0.865. The zero-order valence-corrected chi connectivity index (χ0v) is 10.4. The van der Waals surface area contributed by atoms with E-state index in [1.807, 2.05) is 5.32 Å². The molecular weight excluding hydrogens is 265 g/mol. The van der Waals surface area contributed by atoms with Gasteiger partial charge in [0.05, 0.1) is 5.69 Å². The fourth-order valence-electron chi connectivity index (χ4n) is 1.67. The molecule has 96 valence electrons. The molecule has 0 aliphatic rings. The number of alkyl halides is 3. The normalized spacial score (nSPS) is 11.8. The minimum Gasteiger partial charge on any atom is -0.317 e. The maximum absolute atomic E-state index is 12.2. The van der Waals surface area contributed by atoms with Gasteiger partial charge in [-0.15, -0.1) is 11.3 Å². The Morgan fingerprint density at radius 1 is 1.39 bits per heavy atom. The molecule has 0 aliphatic heterocycles. The summed E-state index contributed by atoms with van der Waals surface area (Å²) in [7, 11) is 0. The lowest BCUT2D eigenvalue weighted by molar-refractivity contribution is -0.167. The van der Waals surface area contributed by atoms with Crippen LogP contribution in [-0.2, 0) is 4.79 Å². The molecule has 1 amide bonds. The van der Waals surface area contributed by atoms with Crippen LogP contribution in [0.15, 0.2) is 11.4 Å². The Morgan fingerprint density at radius 2 is 2.06 bits per heavy atom. The van der Waals surface area contributed by atoms with Crippen molar-refractivity contribution in [1.29, 1.82) is 0 Å². The molecule has 7 heteroatoms. The van der Waals surface area contributed by atoms with E-state index in [2.05, 4.69) is 4.98 Å². The summed E-state index contributed by atoms with van der Waals surface area (Å²) < 4.78 is 36.5. The SMILES string of the molecule is Cc1cc(C)c2c(NC(=O)C(F)(F)F)csc2n1. The molecule has 0 fully saturated rings. The third-order valence-corrected chi connectivity index (χ3v) is 3.25. The topological polar surface area (TPSA) is 42.0 Å².